The fourth-order valence-electron chi connectivity index (χ4n) is 2.30. The van der Waals surface area contributed by atoms with E-state index in [1.54, 1.807) is 24.3 Å². The van der Waals surface area contributed by atoms with Crippen molar-refractivity contribution in [2.75, 3.05) is 0 Å². The van der Waals surface area contributed by atoms with Crippen LogP contribution in [-0.4, -0.2) is 10.9 Å². The SMILES string of the molecule is CCCCCc1ccc(C#CC(=O)c2ccc(CO)cc2)cc1. The summed E-state index contributed by atoms with van der Waals surface area (Å²) in [5.41, 5.74) is 3.50. The van der Waals surface area contributed by atoms with Crippen LogP contribution < -0.4 is 0 Å². The van der Waals surface area contributed by atoms with Crippen molar-refractivity contribution in [2.45, 2.75) is 39.2 Å². The highest BCUT2D eigenvalue weighted by Gasteiger charge is 2.01. The first-order valence-corrected chi connectivity index (χ1v) is 8.08. The fraction of sp³-hybridized carbons (Fsp3) is 0.286. The van der Waals surface area contributed by atoms with Crippen molar-refractivity contribution in [1.29, 1.82) is 0 Å². The van der Waals surface area contributed by atoms with E-state index < -0.39 is 0 Å². The Morgan fingerprint density at radius 3 is 2.22 bits per heavy atom. The molecule has 0 bridgehead atoms. The van der Waals surface area contributed by atoms with Gasteiger partial charge in [-0.3, -0.25) is 4.79 Å². The molecule has 0 aromatic heterocycles. The van der Waals surface area contributed by atoms with Gasteiger partial charge in [-0.15, -0.1) is 0 Å². The predicted octanol–water partition coefficient (Wildman–Crippen LogP) is 4.15. The van der Waals surface area contributed by atoms with Crippen LogP contribution in [0.25, 0.3) is 0 Å². The van der Waals surface area contributed by atoms with E-state index in [-0.39, 0.29) is 12.4 Å². The monoisotopic (exact) mass is 306 g/mol. The third-order valence-electron chi connectivity index (χ3n) is 3.74. The summed E-state index contributed by atoms with van der Waals surface area (Å²) >= 11 is 0. The largest absolute Gasteiger partial charge is 0.392 e. The average molecular weight is 306 g/mol. The van der Waals surface area contributed by atoms with Crippen molar-refractivity contribution >= 4 is 5.78 Å². The number of unbranched alkanes of at least 4 members (excludes halogenated alkanes) is 2. The van der Waals surface area contributed by atoms with Crippen molar-refractivity contribution < 1.29 is 9.90 Å². The lowest BCUT2D eigenvalue weighted by Crippen LogP contribution is -1.95. The van der Waals surface area contributed by atoms with E-state index in [4.69, 9.17) is 5.11 Å². The molecule has 2 aromatic rings. The van der Waals surface area contributed by atoms with Crippen LogP contribution in [0.15, 0.2) is 48.5 Å². The first kappa shape index (κ1) is 17.0. The predicted molar refractivity (Wildman–Crippen MR) is 93.2 cm³/mol. The molecule has 0 radical (unpaired) electrons. The Morgan fingerprint density at radius 1 is 0.957 bits per heavy atom. The van der Waals surface area contributed by atoms with Crippen LogP contribution in [0.1, 0.15) is 53.2 Å². The van der Waals surface area contributed by atoms with Crippen LogP contribution in [0.3, 0.4) is 0 Å². The van der Waals surface area contributed by atoms with Crippen molar-refractivity contribution in [1.82, 2.24) is 0 Å². The summed E-state index contributed by atoms with van der Waals surface area (Å²) < 4.78 is 0. The van der Waals surface area contributed by atoms with Crippen molar-refractivity contribution in [3.05, 3.63) is 70.8 Å². The third kappa shape index (κ3) is 5.39. The number of aliphatic hydroxyl groups is 1. The van der Waals surface area contributed by atoms with E-state index in [1.807, 2.05) is 12.1 Å². The van der Waals surface area contributed by atoms with Crippen LogP contribution in [0.4, 0.5) is 0 Å². The molecule has 0 aliphatic carbocycles. The molecule has 0 saturated heterocycles. The maximum Gasteiger partial charge on any atom is 0.236 e. The molecular weight excluding hydrogens is 284 g/mol. The normalized spacial score (nSPS) is 10.0. The van der Waals surface area contributed by atoms with Gasteiger partial charge in [0, 0.05) is 11.1 Å². The molecule has 2 nitrogen and oxygen atoms in total. The maximum atomic E-state index is 12.0. The van der Waals surface area contributed by atoms with Crippen LogP contribution in [0.2, 0.25) is 0 Å². The van der Waals surface area contributed by atoms with Gasteiger partial charge in [0.2, 0.25) is 5.78 Å². The van der Waals surface area contributed by atoms with Gasteiger partial charge in [0.25, 0.3) is 0 Å². The molecule has 0 fully saturated rings. The van der Waals surface area contributed by atoms with Gasteiger partial charge in [-0.2, -0.15) is 0 Å². The number of Topliss-reactive ketones (excluding diaryl/α,β-unsaturated/α-hetero) is 1. The molecule has 0 spiro atoms. The number of carbonyl (C=O) groups excluding carboxylic acids is 1. The smallest absolute Gasteiger partial charge is 0.236 e. The molecule has 2 rings (SSSR count). The van der Waals surface area contributed by atoms with Gasteiger partial charge in [0.1, 0.15) is 0 Å². The standard InChI is InChI=1S/C21H22O2/c1-2-3-4-5-17-6-8-18(9-7-17)12-15-21(23)20-13-10-19(16-22)11-14-20/h6-11,13-14,22H,2-5,16H2,1H3. The molecule has 0 aliphatic rings. The van der Waals surface area contributed by atoms with E-state index in [2.05, 4.69) is 30.9 Å². The van der Waals surface area contributed by atoms with Gasteiger partial charge < -0.3 is 5.11 Å². The Bertz CT molecular complexity index is 685. The van der Waals surface area contributed by atoms with E-state index in [0.717, 1.165) is 17.5 Å². The zero-order chi connectivity index (χ0) is 16.5. The minimum absolute atomic E-state index is 0.0231. The summed E-state index contributed by atoms with van der Waals surface area (Å²) in [5, 5.41) is 9.00. The average Bonchev–Trinajstić information content (AvgIpc) is 2.61. The van der Waals surface area contributed by atoms with Crippen molar-refractivity contribution in [3.63, 3.8) is 0 Å². The Kier molecular flexibility index (Phi) is 6.59. The lowest BCUT2D eigenvalue weighted by Gasteiger charge is -2.00. The summed E-state index contributed by atoms with van der Waals surface area (Å²) in [6.45, 7) is 2.18. The van der Waals surface area contributed by atoms with Gasteiger partial charge in [-0.05, 0) is 42.0 Å². The van der Waals surface area contributed by atoms with Crippen LogP contribution in [0.5, 0.6) is 0 Å². The Labute approximate surface area is 138 Å². The summed E-state index contributed by atoms with van der Waals surface area (Å²) in [7, 11) is 0. The van der Waals surface area contributed by atoms with Crippen LogP contribution in [-0.2, 0) is 13.0 Å². The summed E-state index contributed by atoms with van der Waals surface area (Å²) in [4.78, 5) is 12.0. The second-order valence-corrected chi connectivity index (χ2v) is 5.59. The minimum atomic E-state index is -0.207. The molecular formula is C21H22O2. The highest BCUT2D eigenvalue weighted by Crippen LogP contribution is 2.09. The quantitative estimate of drug-likeness (QED) is 0.494. The van der Waals surface area contributed by atoms with Gasteiger partial charge in [-0.1, -0.05) is 62.1 Å². The minimum Gasteiger partial charge on any atom is -0.392 e. The Hall–Kier alpha value is -2.37. The van der Waals surface area contributed by atoms with E-state index in [9.17, 15) is 4.79 Å². The van der Waals surface area contributed by atoms with Crippen LogP contribution in [0, 0.1) is 11.8 Å². The summed E-state index contributed by atoms with van der Waals surface area (Å²) in [6, 6.07) is 15.0. The molecule has 0 saturated carbocycles. The zero-order valence-corrected chi connectivity index (χ0v) is 13.5. The maximum absolute atomic E-state index is 12.0. The van der Waals surface area contributed by atoms with Gasteiger partial charge in [0.15, 0.2) is 0 Å². The topological polar surface area (TPSA) is 37.3 Å². The molecule has 0 unspecified atom stereocenters. The second-order valence-electron chi connectivity index (χ2n) is 5.59. The molecule has 2 heteroatoms. The lowest BCUT2D eigenvalue weighted by atomic mass is 10.0. The fourth-order valence-corrected chi connectivity index (χ4v) is 2.30. The molecule has 2 aromatic carbocycles. The highest BCUT2D eigenvalue weighted by molar-refractivity contribution is 6.09. The van der Waals surface area contributed by atoms with Crippen molar-refractivity contribution in [3.8, 4) is 11.8 Å². The van der Waals surface area contributed by atoms with Crippen LogP contribution >= 0.6 is 0 Å². The lowest BCUT2D eigenvalue weighted by molar-refractivity contribution is 0.105. The molecule has 0 amide bonds. The van der Waals surface area contributed by atoms with Gasteiger partial charge >= 0.3 is 0 Å². The second kappa shape index (κ2) is 8.92. The third-order valence-corrected chi connectivity index (χ3v) is 3.74. The molecule has 0 atom stereocenters. The number of hydrogen-bond donors (Lipinski definition) is 1. The van der Waals surface area contributed by atoms with Gasteiger partial charge in [0.05, 0.1) is 6.61 Å². The van der Waals surface area contributed by atoms with E-state index in [0.29, 0.717) is 5.56 Å². The number of hydrogen-bond acceptors (Lipinski definition) is 2. The number of aliphatic hydroxyl groups excluding tert-OH is 1. The Morgan fingerprint density at radius 2 is 1.61 bits per heavy atom. The Balaban J connectivity index is 1.98. The first-order chi connectivity index (χ1) is 11.2. The molecule has 23 heavy (non-hydrogen) atoms. The summed E-state index contributed by atoms with van der Waals surface area (Å²) in [6.07, 6.45) is 4.79. The number of ketones is 1. The molecule has 0 heterocycles. The van der Waals surface area contributed by atoms with Crippen molar-refractivity contribution in [2.24, 2.45) is 0 Å². The number of carbonyl (C=O) groups is 1. The molecule has 0 aliphatic heterocycles. The summed E-state index contributed by atoms with van der Waals surface area (Å²) in [5.74, 6) is 5.38. The highest BCUT2D eigenvalue weighted by atomic mass is 16.3. The number of rotatable bonds is 6. The number of aryl methyl sites for hydroxylation is 1. The zero-order valence-electron chi connectivity index (χ0n) is 13.5. The number of benzene rings is 2. The molecule has 118 valence electrons. The van der Waals surface area contributed by atoms with Gasteiger partial charge in [-0.25, -0.2) is 0 Å². The van der Waals surface area contributed by atoms with E-state index in [1.165, 1.54) is 24.8 Å². The first-order valence-electron chi connectivity index (χ1n) is 8.08. The molecule has 1 N–H and O–H groups in total. The van der Waals surface area contributed by atoms with E-state index >= 15 is 0 Å².